The molecule has 0 aliphatic rings. The maximum Gasteiger partial charge on any atom is 0.191 e. The van der Waals surface area contributed by atoms with Gasteiger partial charge in [0.15, 0.2) is 17.5 Å². The Hall–Kier alpha value is -2.76. The number of nitrogens with zero attached hydrogens (tertiary/aromatic N) is 1. The lowest BCUT2D eigenvalue weighted by atomic mass is 9.98. The summed E-state index contributed by atoms with van der Waals surface area (Å²) < 4.78 is 23.9. The Balaban J connectivity index is 1.78. The minimum Gasteiger partial charge on any atom is -0.497 e. The first kappa shape index (κ1) is 20.6. The minimum atomic E-state index is -0.368. The van der Waals surface area contributed by atoms with E-state index >= 15 is 0 Å². The Morgan fingerprint density at radius 1 is 1.07 bits per heavy atom. The molecule has 0 aromatic heterocycles. The van der Waals surface area contributed by atoms with Gasteiger partial charge >= 0.3 is 0 Å². The second kappa shape index (κ2) is 10.4. The lowest BCUT2D eigenvalue weighted by Gasteiger charge is -2.16. The fourth-order valence-corrected chi connectivity index (χ4v) is 2.73. The zero-order valence-electron chi connectivity index (χ0n) is 16.4. The third-order valence-corrected chi connectivity index (χ3v) is 4.45. The molecule has 1 atom stereocenters. The smallest absolute Gasteiger partial charge is 0.191 e. The molecule has 0 saturated heterocycles. The lowest BCUT2D eigenvalue weighted by Crippen LogP contribution is -2.37. The van der Waals surface area contributed by atoms with Crippen molar-refractivity contribution < 1.29 is 13.9 Å². The van der Waals surface area contributed by atoms with Crippen molar-refractivity contribution in [2.24, 2.45) is 4.99 Å². The molecule has 0 spiro atoms. The topological polar surface area (TPSA) is 54.9 Å². The number of hydrogen-bond donors (Lipinski definition) is 2. The van der Waals surface area contributed by atoms with Gasteiger partial charge in [-0.15, -0.1) is 0 Å². The van der Waals surface area contributed by atoms with Crippen LogP contribution in [0.2, 0.25) is 0 Å². The molecule has 1 unspecified atom stereocenters. The van der Waals surface area contributed by atoms with Gasteiger partial charge < -0.3 is 20.1 Å². The van der Waals surface area contributed by atoms with Gasteiger partial charge in [-0.2, -0.15) is 0 Å². The van der Waals surface area contributed by atoms with Gasteiger partial charge in [-0.25, -0.2) is 4.39 Å². The summed E-state index contributed by atoms with van der Waals surface area (Å²) in [5.74, 6) is 1.84. The van der Waals surface area contributed by atoms with Crippen LogP contribution in [0.15, 0.2) is 47.5 Å². The first-order chi connectivity index (χ1) is 13.1. The summed E-state index contributed by atoms with van der Waals surface area (Å²) in [5, 5.41) is 6.49. The fourth-order valence-electron chi connectivity index (χ4n) is 2.73. The molecule has 146 valence electrons. The molecule has 0 amide bonds. The molecular formula is C21H28FN3O2. The molecule has 2 N–H and O–H groups in total. The van der Waals surface area contributed by atoms with E-state index in [9.17, 15) is 4.39 Å². The molecule has 5 nitrogen and oxygen atoms in total. The molecule has 0 aliphatic heterocycles. The van der Waals surface area contributed by atoms with Crippen molar-refractivity contribution in [1.29, 1.82) is 0 Å². The number of halogens is 1. The van der Waals surface area contributed by atoms with E-state index in [1.165, 1.54) is 18.7 Å². The molecule has 6 heteroatoms. The molecule has 2 rings (SSSR count). The Morgan fingerprint density at radius 3 is 2.41 bits per heavy atom. The van der Waals surface area contributed by atoms with Crippen LogP contribution >= 0.6 is 0 Å². The maximum absolute atomic E-state index is 13.8. The van der Waals surface area contributed by atoms with Gasteiger partial charge in [-0.05, 0) is 47.7 Å². The minimum absolute atomic E-state index is 0.244. The van der Waals surface area contributed by atoms with Crippen molar-refractivity contribution in [2.45, 2.75) is 25.8 Å². The van der Waals surface area contributed by atoms with Gasteiger partial charge in [0.25, 0.3) is 0 Å². The lowest BCUT2D eigenvalue weighted by molar-refractivity contribution is 0.386. The predicted molar refractivity (Wildman–Crippen MR) is 107 cm³/mol. The first-order valence-corrected chi connectivity index (χ1v) is 8.98. The van der Waals surface area contributed by atoms with Crippen molar-refractivity contribution in [1.82, 2.24) is 10.6 Å². The van der Waals surface area contributed by atoms with Crippen LogP contribution in [0.1, 0.15) is 30.4 Å². The van der Waals surface area contributed by atoms with Crippen molar-refractivity contribution in [3.63, 3.8) is 0 Å². The summed E-state index contributed by atoms with van der Waals surface area (Å²) in [5.41, 5.74) is 2.09. The third kappa shape index (κ3) is 6.16. The zero-order valence-corrected chi connectivity index (χ0v) is 16.4. The Bertz CT molecular complexity index is 748. The van der Waals surface area contributed by atoms with E-state index in [0.29, 0.717) is 18.4 Å². The number of rotatable bonds is 8. The largest absolute Gasteiger partial charge is 0.497 e. The van der Waals surface area contributed by atoms with Crippen LogP contribution in [0.4, 0.5) is 4.39 Å². The highest BCUT2D eigenvalue weighted by Gasteiger charge is 2.07. The highest BCUT2D eigenvalue weighted by atomic mass is 19.1. The number of hydrogen-bond acceptors (Lipinski definition) is 3. The molecule has 0 fully saturated rings. The molecule has 0 radical (unpaired) electrons. The Kier molecular flexibility index (Phi) is 7.92. The van der Waals surface area contributed by atoms with Crippen LogP contribution in [-0.2, 0) is 6.54 Å². The molecule has 2 aromatic rings. The number of guanidine groups is 1. The third-order valence-electron chi connectivity index (χ3n) is 4.45. The molecule has 0 saturated carbocycles. The van der Waals surface area contributed by atoms with Crippen LogP contribution in [-0.4, -0.2) is 33.8 Å². The van der Waals surface area contributed by atoms with Crippen LogP contribution < -0.4 is 20.1 Å². The Morgan fingerprint density at radius 2 is 1.81 bits per heavy atom. The van der Waals surface area contributed by atoms with Gasteiger partial charge in [-0.1, -0.05) is 25.1 Å². The highest BCUT2D eigenvalue weighted by molar-refractivity contribution is 5.79. The van der Waals surface area contributed by atoms with Crippen molar-refractivity contribution in [2.75, 3.05) is 27.8 Å². The van der Waals surface area contributed by atoms with E-state index in [4.69, 9.17) is 9.47 Å². The SMILES string of the molecule is CN=C(NCCC(C)c1ccc(OC)cc1)NCc1ccc(OC)c(F)c1. The van der Waals surface area contributed by atoms with Crippen LogP contribution in [0, 0.1) is 5.82 Å². The molecular weight excluding hydrogens is 345 g/mol. The van der Waals surface area contributed by atoms with Crippen LogP contribution in [0.25, 0.3) is 0 Å². The zero-order chi connectivity index (χ0) is 19.6. The summed E-state index contributed by atoms with van der Waals surface area (Å²) in [6.07, 6.45) is 0.962. The second-order valence-corrected chi connectivity index (χ2v) is 6.28. The standard InChI is InChI=1S/C21H28FN3O2/c1-15(17-6-8-18(26-3)9-7-17)11-12-24-21(23-2)25-14-16-5-10-20(27-4)19(22)13-16/h5-10,13,15H,11-12,14H2,1-4H3,(H2,23,24,25). The fraction of sp³-hybridized carbons (Fsp3) is 0.381. The van der Waals surface area contributed by atoms with Crippen molar-refractivity contribution >= 4 is 5.96 Å². The van der Waals surface area contributed by atoms with E-state index in [0.717, 1.165) is 24.3 Å². The number of ether oxygens (including phenoxy) is 2. The van der Waals surface area contributed by atoms with Crippen LogP contribution in [0.3, 0.4) is 0 Å². The van der Waals surface area contributed by atoms with Gasteiger partial charge in [-0.3, -0.25) is 4.99 Å². The van der Waals surface area contributed by atoms with Crippen LogP contribution in [0.5, 0.6) is 11.5 Å². The Labute approximate surface area is 160 Å². The predicted octanol–water partition coefficient (Wildman–Crippen LogP) is 3.70. The van der Waals surface area contributed by atoms with E-state index in [-0.39, 0.29) is 11.6 Å². The number of nitrogens with one attached hydrogen (secondary N) is 2. The molecule has 0 aliphatic carbocycles. The van der Waals surface area contributed by atoms with Crippen molar-refractivity contribution in [3.8, 4) is 11.5 Å². The highest BCUT2D eigenvalue weighted by Crippen LogP contribution is 2.21. The average molecular weight is 373 g/mol. The quantitative estimate of drug-likeness (QED) is 0.547. The summed E-state index contributed by atoms with van der Waals surface area (Å²) in [4.78, 5) is 4.21. The number of aliphatic imine (C=N–C) groups is 1. The van der Waals surface area contributed by atoms with E-state index < -0.39 is 0 Å². The van der Waals surface area contributed by atoms with E-state index in [1.807, 2.05) is 18.2 Å². The normalized spacial score (nSPS) is 12.4. The van der Waals surface area contributed by atoms with Gasteiger partial charge in [0, 0.05) is 20.1 Å². The van der Waals surface area contributed by atoms with Crippen molar-refractivity contribution in [3.05, 3.63) is 59.4 Å². The summed E-state index contributed by atoms with van der Waals surface area (Å²) >= 11 is 0. The molecule has 0 bridgehead atoms. The molecule has 27 heavy (non-hydrogen) atoms. The number of benzene rings is 2. The summed E-state index contributed by atoms with van der Waals surface area (Å²) in [6, 6.07) is 13.1. The van der Waals surface area contributed by atoms with E-state index in [1.54, 1.807) is 20.2 Å². The first-order valence-electron chi connectivity index (χ1n) is 8.98. The summed E-state index contributed by atoms with van der Waals surface area (Å²) in [6.45, 7) is 3.46. The molecule has 2 aromatic carbocycles. The van der Waals surface area contributed by atoms with Gasteiger partial charge in [0.1, 0.15) is 5.75 Å². The number of methoxy groups -OCH3 is 2. The average Bonchev–Trinajstić information content (AvgIpc) is 2.70. The molecule has 0 heterocycles. The van der Waals surface area contributed by atoms with Gasteiger partial charge in [0.2, 0.25) is 0 Å². The monoisotopic (exact) mass is 373 g/mol. The van der Waals surface area contributed by atoms with Gasteiger partial charge in [0.05, 0.1) is 14.2 Å². The summed E-state index contributed by atoms with van der Waals surface area (Å²) in [7, 11) is 4.84. The maximum atomic E-state index is 13.8. The second-order valence-electron chi connectivity index (χ2n) is 6.28. The van der Waals surface area contributed by atoms with E-state index in [2.05, 4.69) is 34.7 Å².